The normalized spacial score (nSPS) is 20.0. The Labute approximate surface area is 146 Å². The van der Waals surface area contributed by atoms with Gasteiger partial charge in [0.1, 0.15) is 0 Å². The number of aryl methyl sites for hydroxylation is 2. The van der Waals surface area contributed by atoms with Crippen LogP contribution in [0.3, 0.4) is 0 Å². The van der Waals surface area contributed by atoms with Gasteiger partial charge in [0.2, 0.25) is 5.91 Å². The standard InChI is InChI=1S/C19H22N2O4/c1-12-10-21(11-15(12)19(23)24)17(22)9-8-16-20-13(2)18(25-16)14-6-4-3-5-7-14/h3-7,12,15H,8-11H2,1-2H3,(H,23,24)/t12-,15-/m1/s1. The molecule has 6 nitrogen and oxygen atoms in total. The minimum Gasteiger partial charge on any atom is -0.481 e. The molecule has 1 amide bonds. The van der Waals surface area contributed by atoms with Crippen LogP contribution in [-0.4, -0.2) is 40.0 Å². The van der Waals surface area contributed by atoms with Crippen LogP contribution in [0.1, 0.15) is 24.9 Å². The summed E-state index contributed by atoms with van der Waals surface area (Å²) in [6.07, 6.45) is 0.683. The number of aromatic nitrogens is 1. The van der Waals surface area contributed by atoms with Crippen LogP contribution in [-0.2, 0) is 16.0 Å². The maximum Gasteiger partial charge on any atom is 0.308 e. The number of carbonyl (C=O) groups excluding carboxylic acids is 1. The number of benzene rings is 1. The van der Waals surface area contributed by atoms with Crippen LogP contribution in [0.4, 0.5) is 0 Å². The third kappa shape index (κ3) is 3.73. The van der Waals surface area contributed by atoms with Gasteiger partial charge in [-0.2, -0.15) is 0 Å². The predicted octanol–water partition coefficient (Wildman–Crippen LogP) is 2.76. The van der Waals surface area contributed by atoms with Gasteiger partial charge in [-0.05, 0) is 12.8 Å². The summed E-state index contributed by atoms with van der Waals surface area (Å²) < 4.78 is 5.82. The lowest BCUT2D eigenvalue weighted by Gasteiger charge is -2.15. The number of likely N-dealkylation sites (tertiary alicyclic amines) is 1. The molecule has 1 aliphatic heterocycles. The summed E-state index contributed by atoms with van der Waals surface area (Å²) in [7, 11) is 0. The first kappa shape index (κ1) is 17.2. The van der Waals surface area contributed by atoms with Crippen molar-refractivity contribution in [2.45, 2.75) is 26.7 Å². The molecule has 0 unspecified atom stereocenters. The first-order valence-electron chi connectivity index (χ1n) is 8.48. The number of hydrogen-bond acceptors (Lipinski definition) is 4. The quantitative estimate of drug-likeness (QED) is 0.903. The highest BCUT2D eigenvalue weighted by Crippen LogP contribution is 2.26. The molecule has 132 valence electrons. The molecule has 1 aromatic carbocycles. The van der Waals surface area contributed by atoms with E-state index in [-0.39, 0.29) is 24.8 Å². The zero-order valence-corrected chi connectivity index (χ0v) is 14.4. The van der Waals surface area contributed by atoms with E-state index in [1.54, 1.807) is 4.90 Å². The van der Waals surface area contributed by atoms with Crippen molar-refractivity contribution in [2.24, 2.45) is 11.8 Å². The topological polar surface area (TPSA) is 83.6 Å². The summed E-state index contributed by atoms with van der Waals surface area (Å²) in [5.74, 6) is -0.116. The van der Waals surface area contributed by atoms with Crippen LogP contribution in [0, 0.1) is 18.8 Å². The van der Waals surface area contributed by atoms with Gasteiger partial charge in [-0.1, -0.05) is 37.3 Å². The molecule has 2 aromatic rings. The van der Waals surface area contributed by atoms with E-state index in [2.05, 4.69) is 4.98 Å². The average molecular weight is 342 g/mol. The average Bonchev–Trinajstić information content (AvgIpc) is 3.16. The molecular formula is C19H22N2O4. The minimum absolute atomic E-state index is 0.0184. The number of hydrogen-bond donors (Lipinski definition) is 1. The van der Waals surface area contributed by atoms with E-state index in [9.17, 15) is 9.59 Å². The molecule has 0 saturated carbocycles. The van der Waals surface area contributed by atoms with Crippen molar-refractivity contribution < 1.29 is 19.1 Å². The van der Waals surface area contributed by atoms with Crippen molar-refractivity contribution in [2.75, 3.05) is 13.1 Å². The molecule has 0 bridgehead atoms. The Morgan fingerprint density at radius 3 is 2.64 bits per heavy atom. The summed E-state index contributed by atoms with van der Waals surface area (Å²) in [6, 6.07) is 9.73. The highest BCUT2D eigenvalue weighted by molar-refractivity contribution is 5.79. The van der Waals surface area contributed by atoms with E-state index in [1.807, 2.05) is 44.2 Å². The van der Waals surface area contributed by atoms with E-state index in [0.29, 0.717) is 18.9 Å². The Morgan fingerprint density at radius 2 is 2.00 bits per heavy atom. The van der Waals surface area contributed by atoms with E-state index in [1.165, 1.54) is 0 Å². The van der Waals surface area contributed by atoms with Crippen LogP contribution >= 0.6 is 0 Å². The second-order valence-corrected chi connectivity index (χ2v) is 6.61. The Kier molecular flexibility index (Phi) is 4.88. The van der Waals surface area contributed by atoms with Gasteiger partial charge >= 0.3 is 5.97 Å². The first-order valence-corrected chi connectivity index (χ1v) is 8.48. The predicted molar refractivity (Wildman–Crippen MR) is 91.9 cm³/mol. The van der Waals surface area contributed by atoms with Crippen molar-refractivity contribution in [3.63, 3.8) is 0 Å². The minimum atomic E-state index is -0.835. The molecule has 3 rings (SSSR count). The third-order valence-electron chi connectivity index (χ3n) is 4.71. The van der Waals surface area contributed by atoms with Crippen molar-refractivity contribution >= 4 is 11.9 Å². The number of rotatable bonds is 5. The van der Waals surface area contributed by atoms with Crippen LogP contribution in [0.15, 0.2) is 34.7 Å². The zero-order valence-electron chi connectivity index (χ0n) is 14.4. The number of nitrogens with zero attached hydrogens (tertiary/aromatic N) is 2. The maximum atomic E-state index is 12.4. The fraction of sp³-hybridized carbons (Fsp3) is 0.421. The SMILES string of the molecule is Cc1nc(CCC(=O)N2C[C@@H](C)[C@H](C(=O)O)C2)oc1-c1ccccc1. The summed E-state index contributed by atoms with van der Waals surface area (Å²) in [5, 5.41) is 9.17. The maximum absolute atomic E-state index is 12.4. The Hall–Kier alpha value is -2.63. The van der Waals surface area contributed by atoms with E-state index in [0.717, 1.165) is 17.0 Å². The molecule has 2 atom stereocenters. The smallest absolute Gasteiger partial charge is 0.308 e. The number of oxazole rings is 1. The van der Waals surface area contributed by atoms with Gasteiger partial charge in [0, 0.05) is 31.5 Å². The third-order valence-corrected chi connectivity index (χ3v) is 4.71. The second kappa shape index (κ2) is 7.09. The molecule has 25 heavy (non-hydrogen) atoms. The fourth-order valence-electron chi connectivity index (χ4n) is 3.28. The Balaban J connectivity index is 1.61. The molecule has 1 aliphatic rings. The molecule has 1 aromatic heterocycles. The van der Waals surface area contributed by atoms with Crippen molar-refractivity contribution in [3.05, 3.63) is 41.9 Å². The highest BCUT2D eigenvalue weighted by atomic mass is 16.4. The molecule has 2 heterocycles. The van der Waals surface area contributed by atoms with Gasteiger partial charge < -0.3 is 14.4 Å². The lowest BCUT2D eigenvalue weighted by Crippen LogP contribution is -2.30. The Morgan fingerprint density at radius 1 is 1.28 bits per heavy atom. The number of carboxylic acids is 1. The number of amides is 1. The van der Waals surface area contributed by atoms with Gasteiger partial charge in [-0.15, -0.1) is 0 Å². The molecule has 0 spiro atoms. The van der Waals surface area contributed by atoms with Crippen molar-refractivity contribution in [1.82, 2.24) is 9.88 Å². The van der Waals surface area contributed by atoms with E-state index < -0.39 is 11.9 Å². The van der Waals surface area contributed by atoms with Gasteiger partial charge in [0.05, 0.1) is 11.6 Å². The molecule has 6 heteroatoms. The molecule has 1 fully saturated rings. The molecule has 0 radical (unpaired) electrons. The van der Waals surface area contributed by atoms with E-state index >= 15 is 0 Å². The largest absolute Gasteiger partial charge is 0.481 e. The summed E-state index contributed by atoms with van der Waals surface area (Å²) >= 11 is 0. The van der Waals surface area contributed by atoms with E-state index in [4.69, 9.17) is 9.52 Å². The monoisotopic (exact) mass is 342 g/mol. The van der Waals surface area contributed by atoms with Crippen LogP contribution < -0.4 is 0 Å². The fourth-order valence-corrected chi connectivity index (χ4v) is 3.28. The van der Waals surface area contributed by atoms with Gasteiger partial charge in [0.15, 0.2) is 11.7 Å². The molecule has 1 N–H and O–H groups in total. The van der Waals surface area contributed by atoms with Crippen molar-refractivity contribution in [1.29, 1.82) is 0 Å². The molecule has 0 aliphatic carbocycles. The number of aliphatic carboxylic acids is 1. The lowest BCUT2D eigenvalue weighted by atomic mass is 9.99. The number of carboxylic acid groups (broad SMARTS) is 1. The van der Waals surface area contributed by atoms with Crippen molar-refractivity contribution in [3.8, 4) is 11.3 Å². The number of carbonyl (C=O) groups is 2. The lowest BCUT2D eigenvalue weighted by molar-refractivity contribution is -0.142. The van der Waals surface area contributed by atoms with Gasteiger partial charge in [-0.3, -0.25) is 9.59 Å². The van der Waals surface area contributed by atoms with Crippen LogP contribution in [0.25, 0.3) is 11.3 Å². The van der Waals surface area contributed by atoms with Crippen LogP contribution in [0.2, 0.25) is 0 Å². The Bertz CT molecular complexity index is 769. The highest BCUT2D eigenvalue weighted by Gasteiger charge is 2.36. The van der Waals surface area contributed by atoms with Gasteiger partial charge in [0.25, 0.3) is 0 Å². The molecule has 1 saturated heterocycles. The summed E-state index contributed by atoms with van der Waals surface area (Å²) in [4.78, 5) is 29.6. The van der Waals surface area contributed by atoms with Crippen LogP contribution in [0.5, 0.6) is 0 Å². The summed E-state index contributed by atoms with van der Waals surface area (Å²) in [6.45, 7) is 4.54. The zero-order chi connectivity index (χ0) is 18.0. The first-order chi connectivity index (χ1) is 12.0. The molecular weight excluding hydrogens is 320 g/mol. The van der Waals surface area contributed by atoms with Gasteiger partial charge in [-0.25, -0.2) is 4.98 Å². The second-order valence-electron chi connectivity index (χ2n) is 6.61. The summed E-state index contributed by atoms with van der Waals surface area (Å²) in [5.41, 5.74) is 1.76.